The zero-order valence-corrected chi connectivity index (χ0v) is 22.7. The molecule has 0 N–H and O–H groups in total. The van der Waals surface area contributed by atoms with Gasteiger partial charge >= 0.3 is 0 Å². The van der Waals surface area contributed by atoms with Gasteiger partial charge in [0.2, 0.25) is 0 Å². The Morgan fingerprint density at radius 2 is 1.10 bits per heavy atom. The van der Waals surface area contributed by atoms with E-state index in [0.717, 1.165) is 27.5 Å². The lowest BCUT2D eigenvalue weighted by atomic mass is 10.1. The summed E-state index contributed by atoms with van der Waals surface area (Å²) < 4.78 is 7.27. The van der Waals surface area contributed by atoms with Crippen molar-refractivity contribution < 1.29 is 0 Å². The van der Waals surface area contributed by atoms with Crippen LogP contribution >= 0.6 is 11.3 Å². The maximum Gasteiger partial charge on any atom is 0.0991 e. The Morgan fingerprint density at radius 3 is 1.80 bits per heavy atom. The summed E-state index contributed by atoms with van der Waals surface area (Å²) in [4.78, 5) is 0. The van der Waals surface area contributed by atoms with E-state index < -0.39 is 0 Å². The zero-order valence-electron chi connectivity index (χ0n) is 21.9. The Balaban J connectivity index is 1.33. The van der Waals surface area contributed by atoms with Gasteiger partial charge in [-0.15, -0.1) is 11.3 Å². The monoisotopic (exact) mass is 539 g/mol. The number of hydrogen-bond acceptors (Lipinski definition) is 2. The summed E-state index contributed by atoms with van der Waals surface area (Å²) >= 11 is 1.84. The van der Waals surface area contributed by atoms with Crippen LogP contribution in [0.3, 0.4) is 0 Å². The van der Waals surface area contributed by atoms with Gasteiger partial charge in [-0.1, -0.05) is 66.7 Å². The number of aromatic nitrogens is 2. The highest BCUT2D eigenvalue weighted by Gasteiger charge is 2.18. The van der Waals surface area contributed by atoms with E-state index >= 15 is 0 Å². The molecule has 0 atom stereocenters. The Labute approximate surface area is 239 Å². The summed E-state index contributed by atoms with van der Waals surface area (Å²) in [5.41, 5.74) is 7.71. The average Bonchev–Trinajstić information content (AvgIpc) is 3.68. The normalized spacial score (nSPS) is 11.9. The minimum Gasteiger partial charge on any atom is -0.309 e. The molecule has 6 aromatic carbocycles. The van der Waals surface area contributed by atoms with E-state index in [4.69, 9.17) is 0 Å². The summed E-state index contributed by atoms with van der Waals surface area (Å²) in [5.74, 6) is 0. The van der Waals surface area contributed by atoms with Gasteiger partial charge in [-0.05, 0) is 60.7 Å². The molecule has 0 aliphatic rings. The van der Waals surface area contributed by atoms with Gasteiger partial charge in [-0.2, -0.15) is 5.26 Å². The van der Waals surface area contributed by atoms with E-state index in [0.29, 0.717) is 5.56 Å². The molecule has 3 nitrogen and oxygen atoms in total. The molecule has 0 spiro atoms. The topological polar surface area (TPSA) is 33.6 Å². The summed E-state index contributed by atoms with van der Waals surface area (Å²) in [6, 6.07) is 47.6. The lowest BCUT2D eigenvalue weighted by Gasteiger charge is -2.09. The second-order valence-electron chi connectivity index (χ2n) is 10.5. The molecule has 4 heteroatoms. The molecule has 3 aromatic heterocycles. The van der Waals surface area contributed by atoms with Crippen molar-refractivity contribution in [2.45, 2.75) is 0 Å². The SMILES string of the molecule is N#Cc1ccc2c(c1)c1ccccc1n2-c1cccc2c1sc1ccc(-n3c4ccccc4c4ccccc43)cc12. The first-order valence-electron chi connectivity index (χ1n) is 13.7. The number of rotatable bonds is 2. The molecule has 0 bridgehead atoms. The van der Waals surface area contributed by atoms with E-state index in [-0.39, 0.29) is 0 Å². The van der Waals surface area contributed by atoms with Gasteiger partial charge in [0, 0.05) is 42.7 Å². The number of nitrogens with zero attached hydrogens (tertiary/aromatic N) is 3. The number of thiophene rings is 1. The van der Waals surface area contributed by atoms with Crippen LogP contribution in [0.4, 0.5) is 0 Å². The molecule has 41 heavy (non-hydrogen) atoms. The van der Waals surface area contributed by atoms with Crippen molar-refractivity contribution in [2.24, 2.45) is 0 Å². The van der Waals surface area contributed by atoms with Crippen molar-refractivity contribution in [2.75, 3.05) is 0 Å². The van der Waals surface area contributed by atoms with Gasteiger partial charge in [0.1, 0.15) is 0 Å². The Hall–Kier alpha value is -5.37. The summed E-state index contributed by atoms with van der Waals surface area (Å²) in [5, 5.41) is 16.9. The van der Waals surface area contributed by atoms with Crippen LogP contribution in [-0.4, -0.2) is 9.13 Å². The van der Waals surface area contributed by atoms with E-state index in [2.05, 4.69) is 130 Å². The lowest BCUT2D eigenvalue weighted by molar-refractivity contribution is 1.19. The smallest absolute Gasteiger partial charge is 0.0991 e. The fourth-order valence-corrected chi connectivity index (χ4v) is 7.78. The Bertz CT molecular complexity index is 2500. The number of hydrogen-bond donors (Lipinski definition) is 0. The van der Waals surface area contributed by atoms with Crippen LogP contribution in [-0.2, 0) is 0 Å². The fraction of sp³-hybridized carbons (Fsp3) is 0. The van der Waals surface area contributed by atoms with Gasteiger partial charge in [0.25, 0.3) is 0 Å². The maximum absolute atomic E-state index is 9.57. The van der Waals surface area contributed by atoms with Crippen molar-refractivity contribution in [3.63, 3.8) is 0 Å². The second kappa shape index (κ2) is 8.32. The lowest BCUT2D eigenvalue weighted by Crippen LogP contribution is -1.94. The van der Waals surface area contributed by atoms with Crippen LogP contribution in [0, 0.1) is 11.3 Å². The fourth-order valence-electron chi connectivity index (χ4n) is 6.59. The first-order chi connectivity index (χ1) is 20.3. The van der Waals surface area contributed by atoms with Gasteiger partial charge in [0.05, 0.1) is 44.1 Å². The Kier molecular flexibility index (Phi) is 4.55. The van der Waals surface area contributed by atoms with Crippen molar-refractivity contribution in [3.8, 4) is 17.4 Å². The van der Waals surface area contributed by atoms with Gasteiger partial charge in [0.15, 0.2) is 0 Å². The molecule has 9 rings (SSSR count). The molecule has 0 aliphatic heterocycles. The minimum atomic E-state index is 0.679. The van der Waals surface area contributed by atoms with E-state index in [1.165, 1.54) is 47.7 Å². The van der Waals surface area contributed by atoms with Crippen LogP contribution in [0.15, 0.2) is 127 Å². The van der Waals surface area contributed by atoms with E-state index in [1.54, 1.807) is 0 Å². The van der Waals surface area contributed by atoms with Gasteiger partial charge < -0.3 is 9.13 Å². The number of para-hydroxylation sites is 3. The summed E-state index contributed by atoms with van der Waals surface area (Å²) in [7, 11) is 0. The first-order valence-corrected chi connectivity index (χ1v) is 14.5. The van der Waals surface area contributed by atoms with Crippen LogP contribution in [0.25, 0.3) is 75.2 Å². The largest absolute Gasteiger partial charge is 0.309 e. The average molecular weight is 540 g/mol. The molecule has 0 fully saturated rings. The number of fused-ring (bicyclic) bond motifs is 9. The van der Waals surface area contributed by atoms with Crippen molar-refractivity contribution in [1.82, 2.24) is 9.13 Å². The molecule has 190 valence electrons. The summed E-state index contributed by atoms with van der Waals surface area (Å²) in [6.07, 6.45) is 0. The highest BCUT2D eigenvalue weighted by Crippen LogP contribution is 2.42. The molecular weight excluding hydrogens is 518 g/mol. The molecule has 0 aliphatic carbocycles. The standard InChI is InChI=1S/C37H21N3S/c38-22-23-16-18-34-29(20-23)27-10-3-6-14-33(27)40(34)35-15-7-11-28-30-21-24(17-19-36(30)41-37(28)35)39-31-12-4-1-8-25(31)26-9-2-5-13-32(26)39/h1-21H. The van der Waals surface area contributed by atoms with Crippen LogP contribution in [0.2, 0.25) is 0 Å². The van der Waals surface area contributed by atoms with Crippen LogP contribution in [0.1, 0.15) is 5.56 Å². The molecule has 0 unspecified atom stereocenters. The third-order valence-electron chi connectivity index (χ3n) is 8.34. The quantitative estimate of drug-likeness (QED) is 0.215. The predicted octanol–water partition coefficient (Wildman–Crippen LogP) is 10.1. The summed E-state index contributed by atoms with van der Waals surface area (Å²) in [6.45, 7) is 0. The van der Waals surface area contributed by atoms with Gasteiger partial charge in [-0.25, -0.2) is 0 Å². The molecular formula is C37H21N3S. The highest BCUT2D eigenvalue weighted by atomic mass is 32.1. The molecule has 3 heterocycles. The van der Waals surface area contributed by atoms with E-state index in [1.807, 2.05) is 23.5 Å². The Morgan fingerprint density at radius 1 is 0.488 bits per heavy atom. The number of nitriles is 1. The third-order valence-corrected chi connectivity index (χ3v) is 9.55. The van der Waals surface area contributed by atoms with Gasteiger partial charge in [-0.3, -0.25) is 0 Å². The minimum absolute atomic E-state index is 0.679. The molecule has 0 radical (unpaired) electrons. The first kappa shape index (κ1) is 22.4. The number of benzene rings is 6. The van der Waals surface area contributed by atoms with Crippen molar-refractivity contribution in [1.29, 1.82) is 5.26 Å². The second-order valence-corrected chi connectivity index (χ2v) is 11.6. The molecule has 0 saturated carbocycles. The molecule has 0 saturated heterocycles. The van der Waals surface area contributed by atoms with Crippen molar-refractivity contribution >= 4 is 75.1 Å². The molecule has 0 amide bonds. The highest BCUT2D eigenvalue weighted by molar-refractivity contribution is 7.26. The van der Waals surface area contributed by atoms with E-state index in [9.17, 15) is 5.26 Å². The molecule has 9 aromatic rings. The van der Waals surface area contributed by atoms with Crippen molar-refractivity contribution in [3.05, 3.63) is 133 Å². The predicted molar refractivity (Wildman–Crippen MR) is 173 cm³/mol. The zero-order chi connectivity index (χ0) is 27.1. The van der Waals surface area contributed by atoms with Crippen LogP contribution < -0.4 is 0 Å². The third kappa shape index (κ3) is 3.07. The van der Waals surface area contributed by atoms with Crippen LogP contribution in [0.5, 0.6) is 0 Å². The maximum atomic E-state index is 9.57.